The van der Waals surface area contributed by atoms with Crippen LogP contribution in [0.4, 0.5) is 0 Å². The zero-order chi connectivity index (χ0) is 46.5. The van der Waals surface area contributed by atoms with E-state index < -0.39 is 0 Å². The minimum Gasteiger partial charge on any atom is 0 e. The third-order valence-corrected chi connectivity index (χ3v) is 139. The van der Waals surface area contributed by atoms with E-state index >= 15 is 0 Å². The molecule has 0 bridgehead atoms. The number of rotatable bonds is 0. The SMILES string of the molecule is S=S=S=S=S=S=S=S=S=S=S=S=S=S=S=S=S=S=S=S=S=S=S=S=S=S=S=S=S=S=S=S=S=S=S=S=S=S=S=S=S=S=S=S=S=S=S=S=S=S=S=S=S=S=S=S=S=S=S=S=S=S=S=S=S. The average Bonchev–Trinajstić information content (AvgIpc) is 3.32. The molecule has 0 atom stereocenters. The topological polar surface area (TPSA) is 0 Å². The molecule has 0 aromatic carbocycles. The maximum atomic E-state index is 4.82. The van der Waals surface area contributed by atoms with Crippen LogP contribution in [0.2, 0.25) is 0 Å². The summed E-state index contributed by atoms with van der Waals surface area (Å²) in [6.07, 6.45) is 0. The summed E-state index contributed by atoms with van der Waals surface area (Å²) in [5.74, 6) is 0. The van der Waals surface area contributed by atoms with Gasteiger partial charge in [-0.2, -0.15) is 0 Å². The van der Waals surface area contributed by atoms with E-state index in [9.17, 15) is 0 Å². The quantitative estimate of drug-likeness (QED) is 0.332. The van der Waals surface area contributed by atoms with Gasteiger partial charge < -0.3 is 0 Å². The number of hydrogen-bond donors (Lipinski definition) is 0. The van der Waals surface area contributed by atoms with E-state index in [1.807, 2.05) is 435 Å². The minimum absolute atomic E-state index is 1.37. The van der Waals surface area contributed by atoms with Crippen molar-refractivity contribution in [1.82, 2.24) is 0 Å². The third kappa shape index (κ3) is 78.3. The lowest BCUT2D eigenvalue weighted by molar-refractivity contribution is 5.95. The van der Waals surface area contributed by atoms with Crippen molar-refractivity contribution < 1.29 is 0 Å². The first-order chi connectivity index (χ1) is 32.4. The molecule has 0 amide bonds. The number of hydrogen-bond acceptors (Lipinski definition) is 2. The van der Waals surface area contributed by atoms with Crippen LogP contribution in [0, 0.1) is 0 Å². The van der Waals surface area contributed by atoms with Crippen molar-refractivity contribution >= 4 is 582 Å². The lowest BCUT2D eigenvalue weighted by Gasteiger charge is -1.41. The zero-order valence-corrected chi connectivity index (χ0v) is 79.6. The van der Waals surface area contributed by atoms with Crippen LogP contribution in [0.25, 0.3) is 0 Å². The summed E-state index contributed by atoms with van der Waals surface area (Å²) in [6.45, 7) is 0. The molecule has 0 radical (unpaired) electrons. The predicted molar refractivity (Wildman–Crippen MR) is 479 cm³/mol. The second-order valence-corrected chi connectivity index (χ2v) is 116. The van der Waals surface area contributed by atoms with Gasteiger partial charge in [0.05, 0.1) is 0 Å². The highest BCUT2D eigenvalue weighted by Gasteiger charge is 1.47. The summed E-state index contributed by atoms with van der Waals surface area (Å²) in [5, 5.41) is 0. The Labute approximate surface area is 564 Å². The first kappa shape index (κ1) is 79.3. The lowest BCUT2D eigenvalue weighted by atomic mass is 30.7. The first-order valence-electron chi connectivity index (χ1n) is 10.7. The fourth-order valence-electron chi connectivity index (χ4n) is 0.692. The Balaban J connectivity index is 6.13. The van der Waals surface area contributed by atoms with Crippen LogP contribution in [-0.2, 0) is 582 Å². The molecule has 0 nitrogen and oxygen atoms in total. The molecule has 0 N–H and O–H groups in total. The van der Waals surface area contributed by atoms with E-state index in [2.05, 4.69) is 0 Å². The molecule has 65 heteroatoms. The Kier molecular flexibility index (Phi) is 95.5. The monoisotopic (exact) mass is 2080 g/mol. The Bertz CT molecular complexity index is 4430. The molecule has 0 saturated carbocycles. The molecular formula is S65. The fraction of sp³-hybridized carbons (Fsp3) is 0. The van der Waals surface area contributed by atoms with Gasteiger partial charge in [0.2, 0.25) is 0 Å². The summed E-state index contributed by atoms with van der Waals surface area (Å²) in [4.78, 5) is 0. The standard InChI is InChI=1S/S65/c1-3-5-7-9-11-13-15-17-19-21-23-25-27-29-31-33-35-37-39-41-43-45-47-49-51-53-55-57-59-61-63-65-64-62-60-58-56-54-52-50-48-46-44-42-40-38-36-34-32-30-28-26-24-22-20-18-16-14-12-10-8-6-4-2. The van der Waals surface area contributed by atoms with Gasteiger partial charge in [-0.25, -0.2) is 0 Å². The van der Waals surface area contributed by atoms with E-state index in [0.717, 1.165) is 0 Å². The van der Waals surface area contributed by atoms with Crippen LogP contribution in [0.15, 0.2) is 0 Å². The maximum absolute atomic E-state index is 4.82. The van der Waals surface area contributed by atoms with Crippen molar-refractivity contribution in [3.8, 4) is 0 Å². The van der Waals surface area contributed by atoms with E-state index in [0.29, 0.717) is 0 Å². The molecule has 390 valence electrons. The average molecular weight is 2080 g/mol. The molecule has 65 heavy (non-hydrogen) atoms. The predicted octanol–water partition coefficient (Wildman–Crippen LogP) is -0.156. The van der Waals surface area contributed by atoms with Gasteiger partial charge in [0.25, 0.3) is 0 Å². The maximum Gasteiger partial charge on any atom is 0 e. The van der Waals surface area contributed by atoms with Crippen LogP contribution in [0.5, 0.6) is 0 Å². The Morgan fingerprint density at radius 2 is 0.123 bits per heavy atom. The molecule has 0 aliphatic heterocycles. The van der Waals surface area contributed by atoms with E-state index in [1.165, 1.54) is 17.8 Å². The molecule has 0 fully saturated rings. The van der Waals surface area contributed by atoms with Crippen molar-refractivity contribution in [1.29, 1.82) is 0 Å². The van der Waals surface area contributed by atoms with Crippen molar-refractivity contribution in [3.63, 3.8) is 0 Å². The van der Waals surface area contributed by atoms with Gasteiger partial charge in [-0.3, -0.25) is 0 Å². The summed E-state index contributed by atoms with van der Waals surface area (Å²) in [6, 6.07) is 0. The second-order valence-electron chi connectivity index (χ2n) is 4.29. The lowest BCUT2D eigenvalue weighted by Crippen LogP contribution is -1.41. The van der Waals surface area contributed by atoms with Crippen LogP contribution < -0.4 is 0 Å². The molecule has 0 rings (SSSR count). The van der Waals surface area contributed by atoms with E-state index in [1.54, 1.807) is 107 Å². The highest BCUT2D eigenvalue weighted by molar-refractivity contribution is 8.84. The summed E-state index contributed by atoms with van der Waals surface area (Å²) < 4.78 is 0. The molecule has 0 aliphatic carbocycles. The van der Waals surface area contributed by atoms with Gasteiger partial charge in [0, 0.05) is 582 Å². The summed E-state index contributed by atoms with van der Waals surface area (Å²) in [5.41, 5.74) is 0. The van der Waals surface area contributed by atoms with Crippen molar-refractivity contribution in [3.05, 3.63) is 0 Å². The molecule has 0 aromatic rings. The minimum atomic E-state index is 1.37. The van der Waals surface area contributed by atoms with Gasteiger partial charge in [-0.05, 0) is 0 Å². The second kappa shape index (κ2) is 78.3. The van der Waals surface area contributed by atoms with Gasteiger partial charge in [0.1, 0.15) is 0 Å². The molecule has 0 unspecified atom stereocenters. The normalized spacial score (nSPS) is 7.82. The Hall–Kier alpha value is 14.3. The van der Waals surface area contributed by atoms with Crippen molar-refractivity contribution in [2.24, 2.45) is 0 Å². The zero-order valence-electron chi connectivity index (χ0n) is 26.5. The largest absolute Gasteiger partial charge is 0 e. The molecule has 0 aliphatic rings. The van der Waals surface area contributed by atoms with Crippen molar-refractivity contribution in [2.75, 3.05) is 0 Å². The Morgan fingerprint density at radius 3 is 0.169 bits per heavy atom. The highest BCUT2D eigenvalue weighted by Crippen LogP contribution is 1.47. The van der Waals surface area contributed by atoms with Gasteiger partial charge in [0.15, 0.2) is 0 Å². The molecule has 0 aromatic heterocycles. The van der Waals surface area contributed by atoms with Gasteiger partial charge in [-0.1, -0.05) is 0 Å². The summed E-state index contributed by atoms with van der Waals surface area (Å²) in [7, 11) is 113. The van der Waals surface area contributed by atoms with Crippen LogP contribution >= 0.6 is 0 Å². The van der Waals surface area contributed by atoms with Gasteiger partial charge >= 0.3 is 0 Å². The van der Waals surface area contributed by atoms with E-state index in [4.69, 9.17) is 22.4 Å². The van der Waals surface area contributed by atoms with Crippen LogP contribution in [0.1, 0.15) is 0 Å². The summed E-state index contributed by atoms with van der Waals surface area (Å²) >= 11 is 9.64. The molecular weight excluding hydrogens is 2080 g/mol. The molecule has 0 heterocycles. The third-order valence-electron chi connectivity index (χ3n) is 1.72. The van der Waals surface area contributed by atoms with E-state index in [-0.39, 0.29) is 0 Å². The van der Waals surface area contributed by atoms with Crippen molar-refractivity contribution in [2.45, 2.75) is 0 Å². The highest BCUT2D eigenvalue weighted by atomic mass is 33.5. The molecule has 0 spiro atoms. The fourth-order valence-corrected chi connectivity index (χ4v) is 168. The van der Waals surface area contributed by atoms with Crippen LogP contribution in [-0.4, -0.2) is 0 Å². The Morgan fingerprint density at radius 1 is 0.0769 bits per heavy atom. The van der Waals surface area contributed by atoms with Gasteiger partial charge in [-0.15, -0.1) is 0 Å². The van der Waals surface area contributed by atoms with Crippen LogP contribution in [0.3, 0.4) is 0 Å². The smallest absolute Gasteiger partial charge is 0 e. The molecule has 0 saturated heterocycles. The first-order valence-corrected chi connectivity index (χ1v) is 96.0.